The van der Waals surface area contributed by atoms with Crippen molar-refractivity contribution in [1.29, 1.82) is 0 Å². The number of nitrogens with one attached hydrogen (secondary N) is 2. The Hall–Kier alpha value is -1.23. The van der Waals surface area contributed by atoms with Crippen LogP contribution in [0.5, 0.6) is 0 Å². The van der Waals surface area contributed by atoms with E-state index in [0.717, 1.165) is 13.1 Å². The molecule has 1 aromatic rings. The lowest BCUT2D eigenvalue weighted by Gasteiger charge is -2.27. The van der Waals surface area contributed by atoms with E-state index in [9.17, 15) is 13.2 Å². The number of hydrogen-bond acceptors (Lipinski definition) is 6. The fraction of sp³-hybridized carbons (Fsp3) is 0.588. The molecule has 1 saturated heterocycles. The van der Waals surface area contributed by atoms with Crippen LogP contribution in [0.3, 0.4) is 0 Å². The average Bonchev–Trinajstić information content (AvgIpc) is 2.60. The Kier molecular flexibility index (Phi) is 10.2. The maximum atomic E-state index is 12.8. The molecule has 1 heterocycles. The van der Waals surface area contributed by atoms with Crippen LogP contribution in [0.2, 0.25) is 0 Å². The highest BCUT2D eigenvalue weighted by molar-refractivity contribution is 7.89. The van der Waals surface area contributed by atoms with Gasteiger partial charge in [0.2, 0.25) is 10.0 Å². The first-order chi connectivity index (χ1) is 12.5. The molecule has 8 nitrogen and oxygen atoms in total. The molecule has 1 aliphatic heterocycles. The van der Waals surface area contributed by atoms with Crippen LogP contribution in [0.1, 0.15) is 10.4 Å². The lowest BCUT2D eigenvalue weighted by Crippen LogP contribution is -2.48. The van der Waals surface area contributed by atoms with Crippen LogP contribution in [0, 0.1) is 5.92 Å². The Morgan fingerprint density at radius 3 is 2.15 bits per heavy atom. The molecule has 1 aromatic carbocycles. The summed E-state index contributed by atoms with van der Waals surface area (Å²) in [7, 11) is -0.631. The van der Waals surface area contributed by atoms with Crippen molar-refractivity contribution in [3.63, 3.8) is 0 Å². The van der Waals surface area contributed by atoms with Crippen molar-refractivity contribution in [1.82, 2.24) is 14.9 Å². The molecule has 154 valence electrons. The summed E-state index contributed by atoms with van der Waals surface area (Å²) in [6.45, 7) is 3.50. The zero-order valence-electron chi connectivity index (χ0n) is 15.6. The predicted octanol–water partition coefficient (Wildman–Crippen LogP) is 0.341. The molecule has 1 fully saturated rings. The number of nitrogens with zero attached hydrogens (tertiary/aromatic N) is 1. The molecule has 0 unspecified atom stereocenters. The molecular weight excluding hydrogens is 394 g/mol. The predicted molar refractivity (Wildman–Crippen MR) is 105 cm³/mol. The van der Waals surface area contributed by atoms with Crippen LogP contribution in [0.15, 0.2) is 29.2 Å². The number of benzene rings is 1. The minimum atomic E-state index is -3.68. The Balaban J connectivity index is 0.00000364. The van der Waals surface area contributed by atoms with Gasteiger partial charge in [-0.1, -0.05) is 0 Å². The van der Waals surface area contributed by atoms with Crippen LogP contribution in [-0.2, 0) is 19.5 Å². The minimum Gasteiger partial charge on any atom is -0.383 e. The molecule has 0 aromatic heterocycles. The summed E-state index contributed by atoms with van der Waals surface area (Å²) in [4.78, 5) is 12.3. The fourth-order valence-electron chi connectivity index (χ4n) is 2.50. The number of hydrogen-bond donors (Lipinski definition) is 2. The second-order valence-corrected chi connectivity index (χ2v) is 8.09. The van der Waals surface area contributed by atoms with Crippen molar-refractivity contribution in [2.24, 2.45) is 5.92 Å². The fourth-order valence-corrected chi connectivity index (χ4v) is 3.91. The Labute approximate surface area is 167 Å². The summed E-state index contributed by atoms with van der Waals surface area (Å²) in [6, 6.07) is 5.99. The van der Waals surface area contributed by atoms with Gasteiger partial charge in [0.25, 0.3) is 5.91 Å². The minimum absolute atomic E-state index is 0. The van der Waals surface area contributed by atoms with Crippen molar-refractivity contribution in [2.45, 2.75) is 4.90 Å². The molecule has 0 bridgehead atoms. The maximum Gasteiger partial charge on any atom is 0.251 e. The molecule has 0 radical (unpaired) electrons. The number of sulfonamides is 1. The smallest absolute Gasteiger partial charge is 0.251 e. The van der Waals surface area contributed by atoms with Crippen molar-refractivity contribution in [3.8, 4) is 0 Å². The van der Waals surface area contributed by atoms with Gasteiger partial charge < -0.3 is 20.1 Å². The molecule has 1 amide bonds. The summed E-state index contributed by atoms with van der Waals surface area (Å²) < 4.78 is 36.9. The van der Waals surface area contributed by atoms with Crippen molar-refractivity contribution in [3.05, 3.63) is 29.8 Å². The van der Waals surface area contributed by atoms with Crippen molar-refractivity contribution < 1.29 is 22.7 Å². The van der Waals surface area contributed by atoms with Crippen molar-refractivity contribution >= 4 is 28.3 Å². The van der Waals surface area contributed by atoms with E-state index in [1.54, 1.807) is 0 Å². The van der Waals surface area contributed by atoms with E-state index in [1.165, 1.54) is 42.8 Å². The van der Waals surface area contributed by atoms with E-state index < -0.39 is 10.0 Å². The summed E-state index contributed by atoms with van der Waals surface area (Å²) in [5.74, 6) is 0.269. The molecule has 0 aliphatic carbocycles. The number of ether oxygens (including phenoxy) is 2. The van der Waals surface area contributed by atoms with Gasteiger partial charge in [-0.3, -0.25) is 4.79 Å². The zero-order chi connectivity index (χ0) is 19.0. The number of carbonyl (C=O) groups excluding carboxylic acids is 1. The Morgan fingerprint density at radius 2 is 1.70 bits per heavy atom. The first-order valence-corrected chi connectivity index (χ1v) is 10.00. The normalized spacial score (nSPS) is 14.5. The quantitative estimate of drug-likeness (QED) is 0.535. The molecule has 0 saturated carbocycles. The second kappa shape index (κ2) is 11.6. The molecule has 1 aliphatic rings. The van der Waals surface area contributed by atoms with Gasteiger partial charge in [-0.25, -0.2) is 8.42 Å². The summed E-state index contributed by atoms with van der Waals surface area (Å²) in [5.41, 5.74) is 0.441. The zero-order valence-corrected chi connectivity index (χ0v) is 17.3. The van der Waals surface area contributed by atoms with E-state index in [2.05, 4.69) is 10.6 Å². The molecule has 27 heavy (non-hydrogen) atoms. The Bertz CT molecular complexity index is 672. The van der Waals surface area contributed by atoms with Gasteiger partial charge in [0.15, 0.2) is 0 Å². The van der Waals surface area contributed by atoms with E-state index in [-0.39, 0.29) is 36.3 Å². The maximum absolute atomic E-state index is 12.8. The van der Waals surface area contributed by atoms with Crippen LogP contribution in [0.25, 0.3) is 0 Å². The van der Waals surface area contributed by atoms with Gasteiger partial charge >= 0.3 is 0 Å². The van der Waals surface area contributed by atoms with Crippen LogP contribution >= 0.6 is 12.4 Å². The lowest BCUT2D eigenvalue weighted by atomic mass is 10.0. The molecule has 0 atom stereocenters. The Morgan fingerprint density at radius 1 is 1.15 bits per heavy atom. The van der Waals surface area contributed by atoms with Gasteiger partial charge in [-0.15, -0.1) is 12.4 Å². The lowest BCUT2D eigenvalue weighted by molar-refractivity contribution is 0.0942. The second-order valence-electron chi connectivity index (χ2n) is 6.15. The SMILES string of the molecule is COCCN(CCOC)S(=O)(=O)c1ccc(C(=O)NCC2CNC2)cc1.Cl. The molecule has 10 heteroatoms. The molecule has 2 rings (SSSR count). The average molecular weight is 422 g/mol. The first kappa shape index (κ1) is 23.8. The monoisotopic (exact) mass is 421 g/mol. The first-order valence-electron chi connectivity index (χ1n) is 8.56. The van der Waals surface area contributed by atoms with E-state index >= 15 is 0 Å². The van der Waals surface area contributed by atoms with Gasteiger partial charge in [0.05, 0.1) is 18.1 Å². The topological polar surface area (TPSA) is 97.0 Å². The van der Waals surface area contributed by atoms with Gasteiger partial charge in [0.1, 0.15) is 0 Å². The van der Waals surface area contributed by atoms with E-state index in [4.69, 9.17) is 9.47 Å². The summed E-state index contributed by atoms with van der Waals surface area (Å²) >= 11 is 0. The third-order valence-electron chi connectivity index (χ3n) is 4.26. The van der Waals surface area contributed by atoms with Crippen LogP contribution in [-0.4, -0.2) is 78.8 Å². The van der Waals surface area contributed by atoms with Gasteiger partial charge in [0, 0.05) is 58.4 Å². The highest BCUT2D eigenvalue weighted by Crippen LogP contribution is 2.16. The van der Waals surface area contributed by atoms with Gasteiger partial charge in [-0.05, 0) is 24.3 Å². The van der Waals surface area contributed by atoms with Gasteiger partial charge in [-0.2, -0.15) is 4.31 Å². The number of rotatable bonds is 11. The highest BCUT2D eigenvalue weighted by Gasteiger charge is 2.24. The van der Waals surface area contributed by atoms with Crippen LogP contribution in [0.4, 0.5) is 0 Å². The number of carbonyl (C=O) groups is 1. The molecule has 0 spiro atoms. The van der Waals surface area contributed by atoms with E-state index in [0.29, 0.717) is 31.2 Å². The standard InChI is InChI=1S/C17H27N3O5S.ClH/c1-24-9-7-20(8-10-25-2)26(22,23)16-5-3-15(4-6-16)17(21)19-13-14-11-18-12-14;/h3-6,14,18H,7-13H2,1-2H3,(H,19,21);1H. The number of methoxy groups -OCH3 is 2. The highest BCUT2D eigenvalue weighted by atomic mass is 35.5. The number of amides is 1. The summed E-state index contributed by atoms with van der Waals surface area (Å²) in [6.07, 6.45) is 0. The summed E-state index contributed by atoms with van der Waals surface area (Å²) in [5, 5.41) is 6.01. The van der Waals surface area contributed by atoms with Crippen LogP contribution < -0.4 is 10.6 Å². The number of halogens is 1. The largest absolute Gasteiger partial charge is 0.383 e. The third kappa shape index (κ3) is 6.70. The van der Waals surface area contributed by atoms with E-state index in [1.807, 2.05) is 0 Å². The third-order valence-corrected chi connectivity index (χ3v) is 6.17. The molecule has 2 N–H and O–H groups in total. The van der Waals surface area contributed by atoms with Crippen molar-refractivity contribution in [2.75, 3.05) is 60.2 Å². The molecular formula is C17H28ClN3O5S.